The van der Waals surface area contributed by atoms with Crippen molar-refractivity contribution >= 4 is 34.0 Å². The molecule has 0 aliphatic carbocycles. The Labute approximate surface area is 219 Å². The van der Waals surface area contributed by atoms with Gasteiger partial charge in [-0.15, -0.1) is 11.3 Å². The number of benzene rings is 1. The molecule has 1 saturated heterocycles. The van der Waals surface area contributed by atoms with Crippen molar-refractivity contribution in [2.24, 2.45) is 0 Å². The predicted octanol–water partition coefficient (Wildman–Crippen LogP) is 3.69. The van der Waals surface area contributed by atoms with Crippen LogP contribution in [0.4, 0.5) is 5.82 Å². The molecule has 4 aromatic rings. The number of nitrogens with one attached hydrogen (secondary N) is 1. The van der Waals surface area contributed by atoms with Crippen LogP contribution in [0.5, 0.6) is 5.75 Å². The molecule has 4 heterocycles. The highest BCUT2D eigenvalue weighted by Gasteiger charge is 2.25. The minimum absolute atomic E-state index is 0.193. The van der Waals surface area contributed by atoms with Gasteiger partial charge in [0.15, 0.2) is 11.6 Å². The number of carbonyl (C=O) groups excluding carboxylic acids is 1. The first-order chi connectivity index (χ1) is 18.0. The van der Waals surface area contributed by atoms with E-state index in [0.717, 1.165) is 54.3 Å². The molecule has 1 N–H and O–H groups in total. The lowest BCUT2D eigenvalue weighted by Crippen LogP contribution is -2.44. The second-order valence-electron chi connectivity index (χ2n) is 9.22. The van der Waals surface area contributed by atoms with E-state index in [0.29, 0.717) is 29.4 Å². The SMILES string of the molecule is CNC(=O)c1cc(=O)n(CCN2CCC(N(C)c3cc(-c4cccs4)on3)CC2)c2cc(OC)ccc12. The number of thiophene rings is 1. The van der Waals surface area contributed by atoms with E-state index in [1.165, 1.54) is 6.07 Å². The van der Waals surface area contributed by atoms with Crippen molar-refractivity contribution in [3.05, 3.63) is 63.8 Å². The lowest BCUT2D eigenvalue weighted by molar-refractivity contribution is 0.0964. The molecule has 0 spiro atoms. The van der Waals surface area contributed by atoms with E-state index in [2.05, 4.69) is 27.3 Å². The average Bonchev–Trinajstić information content (AvgIpc) is 3.64. The molecule has 1 amide bonds. The largest absolute Gasteiger partial charge is 0.497 e. The van der Waals surface area contributed by atoms with Gasteiger partial charge in [-0.05, 0) is 36.4 Å². The summed E-state index contributed by atoms with van der Waals surface area (Å²) in [4.78, 5) is 31.1. The number of nitrogens with zero attached hydrogens (tertiary/aromatic N) is 4. The number of aromatic nitrogens is 2. The average molecular weight is 522 g/mol. The summed E-state index contributed by atoms with van der Waals surface area (Å²) in [6.45, 7) is 3.13. The molecule has 37 heavy (non-hydrogen) atoms. The Morgan fingerprint density at radius 3 is 2.73 bits per heavy atom. The zero-order valence-corrected chi connectivity index (χ0v) is 22.1. The van der Waals surface area contributed by atoms with E-state index in [4.69, 9.17) is 9.26 Å². The van der Waals surface area contributed by atoms with Gasteiger partial charge in [-0.25, -0.2) is 0 Å². The maximum absolute atomic E-state index is 13.0. The van der Waals surface area contributed by atoms with Gasteiger partial charge in [-0.1, -0.05) is 11.2 Å². The highest BCUT2D eigenvalue weighted by Crippen LogP contribution is 2.30. The summed E-state index contributed by atoms with van der Waals surface area (Å²) in [6, 6.07) is 13.3. The zero-order valence-electron chi connectivity index (χ0n) is 21.3. The number of likely N-dealkylation sites (tertiary alicyclic amines) is 1. The quantitative estimate of drug-likeness (QED) is 0.378. The normalized spacial score (nSPS) is 14.7. The first-order valence-electron chi connectivity index (χ1n) is 12.4. The minimum atomic E-state index is -0.278. The van der Waals surface area contributed by atoms with Crippen molar-refractivity contribution in [1.29, 1.82) is 0 Å². The van der Waals surface area contributed by atoms with Crippen LogP contribution in [0, 0.1) is 0 Å². The number of rotatable bonds is 8. The van der Waals surface area contributed by atoms with Gasteiger partial charge in [0.2, 0.25) is 0 Å². The monoisotopic (exact) mass is 521 g/mol. The Morgan fingerprint density at radius 2 is 2.03 bits per heavy atom. The Hall–Kier alpha value is -3.63. The molecule has 0 bridgehead atoms. The molecule has 9 nitrogen and oxygen atoms in total. The Kier molecular flexibility index (Phi) is 7.29. The molecule has 0 saturated carbocycles. The first-order valence-corrected chi connectivity index (χ1v) is 13.3. The van der Waals surface area contributed by atoms with Crippen LogP contribution < -0.4 is 20.5 Å². The van der Waals surface area contributed by atoms with Crippen LogP contribution >= 0.6 is 11.3 Å². The lowest BCUT2D eigenvalue weighted by Gasteiger charge is -2.36. The molecular formula is C27H31N5O4S. The van der Waals surface area contributed by atoms with Crippen LogP contribution in [0.2, 0.25) is 0 Å². The highest BCUT2D eigenvalue weighted by atomic mass is 32.1. The van der Waals surface area contributed by atoms with Crippen molar-refractivity contribution in [2.45, 2.75) is 25.4 Å². The van der Waals surface area contributed by atoms with E-state index in [1.807, 2.05) is 41.8 Å². The van der Waals surface area contributed by atoms with Gasteiger partial charge >= 0.3 is 0 Å². The first kappa shape index (κ1) is 25.0. The summed E-state index contributed by atoms with van der Waals surface area (Å²) in [5.74, 6) is 2.02. The summed E-state index contributed by atoms with van der Waals surface area (Å²) in [5.41, 5.74) is 0.884. The molecule has 3 aromatic heterocycles. The van der Waals surface area contributed by atoms with E-state index in [9.17, 15) is 9.59 Å². The third-order valence-electron chi connectivity index (χ3n) is 7.16. The number of anilines is 1. The Morgan fingerprint density at radius 1 is 1.22 bits per heavy atom. The van der Waals surface area contributed by atoms with E-state index >= 15 is 0 Å². The fraction of sp³-hybridized carbons (Fsp3) is 0.370. The summed E-state index contributed by atoms with van der Waals surface area (Å²) in [6.07, 6.45) is 1.99. The third kappa shape index (κ3) is 5.12. The number of hydrogen-bond acceptors (Lipinski definition) is 8. The van der Waals surface area contributed by atoms with Crippen molar-refractivity contribution in [3.8, 4) is 16.4 Å². The molecule has 0 atom stereocenters. The van der Waals surface area contributed by atoms with Gasteiger partial charge in [-0.2, -0.15) is 0 Å². The number of hydrogen-bond donors (Lipinski definition) is 1. The van der Waals surface area contributed by atoms with Crippen LogP contribution in [-0.2, 0) is 6.54 Å². The number of pyridine rings is 1. The Balaban J connectivity index is 1.25. The smallest absolute Gasteiger partial charge is 0.251 e. The standard InChI is InChI=1S/C27H31N5O4S/c1-28-27(34)21-16-26(33)32(22-15-19(35-3)6-7-20(21)22)13-12-31-10-8-18(9-11-31)30(2)25-17-23(36-29-25)24-5-4-14-37-24/h4-7,14-18H,8-13H2,1-3H3,(H,28,34). The molecular weight excluding hydrogens is 490 g/mol. The van der Waals surface area contributed by atoms with Gasteiger partial charge < -0.3 is 28.9 Å². The highest BCUT2D eigenvalue weighted by molar-refractivity contribution is 7.13. The predicted molar refractivity (Wildman–Crippen MR) is 146 cm³/mol. The fourth-order valence-corrected chi connectivity index (χ4v) is 5.64. The number of fused-ring (bicyclic) bond motifs is 1. The number of piperidine rings is 1. The molecule has 1 fully saturated rings. The van der Waals surface area contributed by atoms with Gasteiger partial charge in [0.05, 0.1) is 23.1 Å². The van der Waals surface area contributed by atoms with E-state index in [-0.39, 0.29) is 11.5 Å². The minimum Gasteiger partial charge on any atom is -0.497 e. The van der Waals surface area contributed by atoms with Crippen molar-refractivity contribution in [3.63, 3.8) is 0 Å². The van der Waals surface area contributed by atoms with Crippen molar-refractivity contribution in [1.82, 2.24) is 19.9 Å². The fourth-order valence-electron chi connectivity index (χ4n) is 4.97. The topological polar surface area (TPSA) is 92.8 Å². The molecule has 1 aromatic carbocycles. The molecule has 194 valence electrons. The lowest BCUT2D eigenvalue weighted by atomic mass is 10.0. The second-order valence-corrected chi connectivity index (χ2v) is 10.2. The third-order valence-corrected chi connectivity index (χ3v) is 8.04. The van der Waals surface area contributed by atoms with Crippen LogP contribution in [0.15, 0.2) is 57.2 Å². The number of ether oxygens (including phenoxy) is 1. The molecule has 1 aliphatic rings. The van der Waals surface area contributed by atoms with Crippen molar-refractivity contribution in [2.75, 3.05) is 45.7 Å². The van der Waals surface area contributed by atoms with E-state index < -0.39 is 0 Å². The van der Waals surface area contributed by atoms with Crippen LogP contribution in [0.25, 0.3) is 21.5 Å². The molecule has 0 radical (unpaired) electrons. The summed E-state index contributed by atoms with van der Waals surface area (Å²) < 4.78 is 12.7. The summed E-state index contributed by atoms with van der Waals surface area (Å²) in [5, 5.41) is 9.67. The van der Waals surface area contributed by atoms with Gasteiger partial charge in [0.1, 0.15) is 5.75 Å². The maximum Gasteiger partial charge on any atom is 0.251 e. The molecule has 10 heteroatoms. The molecule has 0 unspecified atom stereocenters. The molecule has 5 rings (SSSR count). The van der Waals surface area contributed by atoms with Gasteiger partial charge in [0.25, 0.3) is 11.5 Å². The number of amides is 1. The van der Waals surface area contributed by atoms with Crippen LogP contribution in [-0.4, -0.2) is 67.4 Å². The van der Waals surface area contributed by atoms with Gasteiger partial charge in [0, 0.05) is 69.9 Å². The van der Waals surface area contributed by atoms with Crippen LogP contribution in [0.1, 0.15) is 23.2 Å². The summed E-state index contributed by atoms with van der Waals surface area (Å²) in [7, 11) is 5.23. The number of carbonyl (C=O) groups is 1. The number of methoxy groups -OCH3 is 1. The molecule has 1 aliphatic heterocycles. The zero-order chi connectivity index (χ0) is 25.9. The van der Waals surface area contributed by atoms with Gasteiger partial charge in [-0.3, -0.25) is 9.59 Å². The second kappa shape index (κ2) is 10.8. The van der Waals surface area contributed by atoms with E-state index in [1.54, 1.807) is 30.1 Å². The summed E-state index contributed by atoms with van der Waals surface area (Å²) >= 11 is 1.64. The van der Waals surface area contributed by atoms with Crippen LogP contribution in [0.3, 0.4) is 0 Å². The maximum atomic E-state index is 13.0. The van der Waals surface area contributed by atoms with Crippen molar-refractivity contribution < 1.29 is 14.1 Å². The Bertz CT molecular complexity index is 1440.